The summed E-state index contributed by atoms with van der Waals surface area (Å²) in [6, 6.07) is 6.14. The predicted octanol–water partition coefficient (Wildman–Crippen LogP) is 2.65. The summed E-state index contributed by atoms with van der Waals surface area (Å²) in [6.07, 6.45) is 0.846. The molecule has 3 heteroatoms. The Kier molecular flexibility index (Phi) is 2.92. The number of H-pyrrole nitrogens is 1. The Morgan fingerprint density at radius 2 is 1.71 bits per heavy atom. The lowest BCUT2D eigenvalue weighted by Gasteiger charge is -2.05. The third kappa shape index (κ3) is 2.05. The van der Waals surface area contributed by atoms with E-state index in [2.05, 4.69) is 11.2 Å². The minimum Gasteiger partial charge on any atom is -0.295 e. The van der Waals surface area contributed by atoms with Crippen LogP contribution in [0, 0.1) is 20.8 Å². The first-order chi connectivity index (χ1) is 8.02. The molecular formula is C14H18N2O. The van der Waals surface area contributed by atoms with Crippen LogP contribution in [-0.2, 0) is 6.42 Å². The van der Waals surface area contributed by atoms with Crippen LogP contribution >= 0.6 is 0 Å². The number of benzene rings is 1. The molecule has 0 fully saturated rings. The van der Waals surface area contributed by atoms with Gasteiger partial charge in [-0.15, -0.1) is 0 Å². The Morgan fingerprint density at radius 1 is 1.12 bits per heavy atom. The zero-order chi connectivity index (χ0) is 12.6. The Morgan fingerprint density at radius 3 is 2.18 bits per heavy atom. The lowest BCUT2D eigenvalue weighted by molar-refractivity contribution is 0.817. The number of nitrogens with zero attached hydrogens (tertiary/aromatic N) is 1. The molecule has 0 amide bonds. The molecule has 0 atom stereocenters. The van der Waals surface area contributed by atoms with Crippen LogP contribution < -0.4 is 5.56 Å². The highest BCUT2D eigenvalue weighted by molar-refractivity contribution is 5.39. The maximum absolute atomic E-state index is 12.1. The van der Waals surface area contributed by atoms with Crippen molar-refractivity contribution in [3.63, 3.8) is 0 Å². The lowest BCUT2D eigenvalue weighted by Crippen LogP contribution is -2.16. The summed E-state index contributed by atoms with van der Waals surface area (Å²) in [6.45, 7) is 8.00. The number of aromatic nitrogens is 2. The Balaban J connectivity index is 2.64. The lowest BCUT2D eigenvalue weighted by atomic mass is 10.1. The highest BCUT2D eigenvalue weighted by Crippen LogP contribution is 2.12. The molecule has 0 radical (unpaired) electrons. The van der Waals surface area contributed by atoms with Gasteiger partial charge < -0.3 is 0 Å². The topological polar surface area (TPSA) is 37.8 Å². The number of hydrogen-bond donors (Lipinski definition) is 1. The van der Waals surface area contributed by atoms with E-state index in [1.807, 2.05) is 39.8 Å². The Bertz CT molecular complexity index is 585. The zero-order valence-electron chi connectivity index (χ0n) is 10.8. The average Bonchev–Trinajstić information content (AvgIpc) is 2.54. The number of rotatable bonds is 2. The summed E-state index contributed by atoms with van der Waals surface area (Å²) < 4.78 is 1.63. The SMILES string of the molecule is CCc1[nH]n(-c2cc(C)cc(C)c2)c(=O)c1C. The van der Waals surface area contributed by atoms with E-state index in [0.29, 0.717) is 0 Å². The zero-order valence-corrected chi connectivity index (χ0v) is 10.8. The molecule has 2 aromatic rings. The monoisotopic (exact) mass is 230 g/mol. The van der Waals surface area contributed by atoms with Crippen molar-refractivity contribution in [1.29, 1.82) is 0 Å². The van der Waals surface area contributed by atoms with E-state index in [1.165, 1.54) is 0 Å². The molecule has 0 bridgehead atoms. The van der Waals surface area contributed by atoms with Crippen LogP contribution in [0.3, 0.4) is 0 Å². The first-order valence-corrected chi connectivity index (χ1v) is 5.92. The first kappa shape index (κ1) is 11.7. The molecule has 2 rings (SSSR count). The molecule has 0 saturated carbocycles. The fourth-order valence-electron chi connectivity index (χ4n) is 2.17. The minimum atomic E-state index is 0.0480. The molecular weight excluding hydrogens is 212 g/mol. The Hall–Kier alpha value is -1.77. The van der Waals surface area contributed by atoms with Gasteiger partial charge in [0.15, 0.2) is 0 Å². The van der Waals surface area contributed by atoms with Crippen LogP contribution in [0.25, 0.3) is 5.69 Å². The van der Waals surface area contributed by atoms with E-state index in [0.717, 1.165) is 34.5 Å². The van der Waals surface area contributed by atoms with Crippen LogP contribution in [0.1, 0.15) is 29.3 Å². The number of aryl methyl sites for hydroxylation is 3. The minimum absolute atomic E-state index is 0.0480. The summed E-state index contributed by atoms with van der Waals surface area (Å²) in [7, 11) is 0. The van der Waals surface area contributed by atoms with Crippen LogP contribution in [-0.4, -0.2) is 9.78 Å². The second-order valence-electron chi connectivity index (χ2n) is 4.56. The second kappa shape index (κ2) is 4.24. The van der Waals surface area contributed by atoms with Gasteiger partial charge in [-0.05, 0) is 50.5 Å². The largest absolute Gasteiger partial charge is 0.295 e. The summed E-state index contributed by atoms with van der Waals surface area (Å²) in [5.41, 5.74) is 5.11. The molecule has 17 heavy (non-hydrogen) atoms. The second-order valence-corrected chi connectivity index (χ2v) is 4.56. The summed E-state index contributed by atoms with van der Waals surface area (Å²) >= 11 is 0. The van der Waals surface area contributed by atoms with Crippen molar-refractivity contribution in [2.45, 2.75) is 34.1 Å². The average molecular weight is 230 g/mol. The van der Waals surface area contributed by atoms with E-state index < -0.39 is 0 Å². The molecule has 0 unspecified atom stereocenters. The molecule has 0 aliphatic heterocycles. The van der Waals surface area contributed by atoms with Crippen molar-refractivity contribution in [3.8, 4) is 5.69 Å². The fraction of sp³-hybridized carbons (Fsp3) is 0.357. The van der Waals surface area contributed by atoms with E-state index in [-0.39, 0.29) is 5.56 Å². The summed E-state index contributed by atoms with van der Waals surface area (Å²) in [4.78, 5) is 12.1. The van der Waals surface area contributed by atoms with E-state index in [4.69, 9.17) is 0 Å². The highest BCUT2D eigenvalue weighted by atomic mass is 16.1. The van der Waals surface area contributed by atoms with Gasteiger partial charge in [0, 0.05) is 11.3 Å². The van der Waals surface area contributed by atoms with Crippen molar-refractivity contribution in [2.75, 3.05) is 0 Å². The van der Waals surface area contributed by atoms with Crippen molar-refractivity contribution < 1.29 is 0 Å². The molecule has 1 aromatic heterocycles. The van der Waals surface area contributed by atoms with Crippen LogP contribution in [0.5, 0.6) is 0 Å². The Labute approximate surface area is 101 Å². The summed E-state index contributed by atoms with van der Waals surface area (Å²) in [5.74, 6) is 0. The van der Waals surface area contributed by atoms with Gasteiger partial charge in [0.2, 0.25) is 0 Å². The molecule has 0 saturated heterocycles. The van der Waals surface area contributed by atoms with Gasteiger partial charge in [-0.2, -0.15) is 0 Å². The van der Waals surface area contributed by atoms with E-state index in [1.54, 1.807) is 4.68 Å². The third-order valence-electron chi connectivity index (χ3n) is 3.04. The smallest absolute Gasteiger partial charge is 0.274 e. The van der Waals surface area contributed by atoms with Gasteiger partial charge in [0.25, 0.3) is 5.56 Å². The maximum Gasteiger partial charge on any atom is 0.274 e. The van der Waals surface area contributed by atoms with Crippen LogP contribution in [0.4, 0.5) is 0 Å². The van der Waals surface area contributed by atoms with Crippen LogP contribution in [0.15, 0.2) is 23.0 Å². The number of nitrogens with one attached hydrogen (secondary N) is 1. The highest BCUT2D eigenvalue weighted by Gasteiger charge is 2.10. The number of hydrogen-bond acceptors (Lipinski definition) is 1. The third-order valence-corrected chi connectivity index (χ3v) is 3.04. The quantitative estimate of drug-likeness (QED) is 0.846. The molecule has 1 N–H and O–H groups in total. The van der Waals surface area contributed by atoms with Crippen molar-refractivity contribution >= 4 is 0 Å². The van der Waals surface area contributed by atoms with Gasteiger partial charge in [-0.1, -0.05) is 13.0 Å². The van der Waals surface area contributed by atoms with Gasteiger partial charge in [-0.25, -0.2) is 4.68 Å². The van der Waals surface area contributed by atoms with Crippen molar-refractivity contribution in [3.05, 3.63) is 50.9 Å². The van der Waals surface area contributed by atoms with Gasteiger partial charge in [0.1, 0.15) is 0 Å². The summed E-state index contributed by atoms with van der Waals surface area (Å²) in [5, 5.41) is 3.17. The maximum atomic E-state index is 12.1. The normalized spacial score (nSPS) is 10.8. The van der Waals surface area contributed by atoms with Crippen molar-refractivity contribution in [2.24, 2.45) is 0 Å². The van der Waals surface area contributed by atoms with Crippen LogP contribution in [0.2, 0.25) is 0 Å². The predicted molar refractivity (Wildman–Crippen MR) is 70.0 cm³/mol. The molecule has 0 aliphatic rings. The van der Waals surface area contributed by atoms with Crippen molar-refractivity contribution in [1.82, 2.24) is 9.78 Å². The van der Waals surface area contributed by atoms with E-state index >= 15 is 0 Å². The van der Waals surface area contributed by atoms with E-state index in [9.17, 15) is 4.79 Å². The molecule has 1 heterocycles. The molecule has 0 spiro atoms. The fourth-order valence-corrected chi connectivity index (χ4v) is 2.17. The van der Waals surface area contributed by atoms with Gasteiger partial charge in [-0.3, -0.25) is 9.89 Å². The van der Waals surface area contributed by atoms with Gasteiger partial charge in [0.05, 0.1) is 5.69 Å². The molecule has 3 nitrogen and oxygen atoms in total. The molecule has 90 valence electrons. The van der Waals surface area contributed by atoms with Gasteiger partial charge >= 0.3 is 0 Å². The number of aromatic amines is 1. The first-order valence-electron chi connectivity index (χ1n) is 5.92. The molecule has 1 aromatic carbocycles. The standard InChI is InChI=1S/C14H18N2O/c1-5-13-11(4)14(17)16(15-13)12-7-9(2)6-10(3)8-12/h6-8,15H,5H2,1-4H3. The molecule has 0 aliphatic carbocycles.